The van der Waals surface area contributed by atoms with Crippen LogP contribution in [0.2, 0.25) is 0 Å². The van der Waals surface area contributed by atoms with Crippen LogP contribution >= 0.6 is 11.8 Å². The van der Waals surface area contributed by atoms with Crippen LogP contribution in [0.3, 0.4) is 0 Å². The maximum absolute atomic E-state index is 12.8. The molecule has 0 aliphatic rings. The summed E-state index contributed by atoms with van der Waals surface area (Å²) in [4.78, 5) is 0. The lowest BCUT2D eigenvalue weighted by Crippen LogP contribution is -2.05. The molecule has 0 aliphatic heterocycles. The third-order valence-electron chi connectivity index (χ3n) is 2.18. The van der Waals surface area contributed by atoms with Gasteiger partial charge in [-0.25, -0.2) is 4.39 Å². The van der Waals surface area contributed by atoms with Gasteiger partial charge in [-0.1, -0.05) is 19.9 Å². The Morgan fingerprint density at radius 2 is 2.07 bits per heavy atom. The largest absolute Gasteiger partial charge is 0.388 e. The van der Waals surface area contributed by atoms with E-state index in [9.17, 15) is 9.50 Å². The molecule has 84 valence electrons. The third-order valence-corrected chi connectivity index (χ3v) is 3.35. The lowest BCUT2D eigenvalue weighted by molar-refractivity contribution is 0.203. The molecule has 15 heavy (non-hydrogen) atoms. The Hall–Kier alpha value is -0.540. The van der Waals surface area contributed by atoms with Gasteiger partial charge in [-0.15, -0.1) is 0 Å². The Morgan fingerprint density at radius 3 is 2.60 bits per heavy atom. The molecule has 0 saturated heterocycles. The number of hydrogen-bond acceptors (Lipinski definition) is 2. The van der Waals surface area contributed by atoms with Gasteiger partial charge in [0, 0.05) is 5.75 Å². The Balaban J connectivity index is 2.69. The SMILES string of the molecule is Cc1cc(F)ccc1C(O)CSC(C)C. The van der Waals surface area contributed by atoms with E-state index in [2.05, 4.69) is 13.8 Å². The fraction of sp³-hybridized carbons (Fsp3) is 0.500. The summed E-state index contributed by atoms with van der Waals surface area (Å²) in [6, 6.07) is 4.51. The Morgan fingerprint density at radius 1 is 1.40 bits per heavy atom. The second-order valence-corrected chi connectivity index (χ2v) is 5.51. The van der Waals surface area contributed by atoms with Crippen LogP contribution in [0, 0.1) is 12.7 Å². The number of rotatable bonds is 4. The molecule has 0 saturated carbocycles. The molecule has 1 rings (SSSR count). The first-order chi connectivity index (χ1) is 7.00. The molecule has 1 atom stereocenters. The molecular formula is C12H17FOS. The van der Waals surface area contributed by atoms with Gasteiger partial charge in [-0.2, -0.15) is 11.8 Å². The van der Waals surface area contributed by atoms with Gasteiger partial charge in [-0.05, 0) is 35.4 Å². The fourth-order valence-corrected chi connectivity index (χ4v) is 2.13. The van der Waals surface area contributed by atoms with Gasteiger partial charge in [0.25, 0.3) is 0 Å². The summed E-state index contributed by atoms with van der Waals surface area (Å²) in [5.41, 5.74) is 1.64. The molecule has 1 aromatic carbocycles. The lowest BCUT2D eigenvalue weighted by Gasteiger charge is -2.14. The van der Waals surface area contributed by atoms with Gasteiger partial charge < -0.3 is 5.11 Å². The molecule has 0 aliphatic carbocycles. The van der Waals surface area contributed by atoms with E-state index in [4.69, 9.17) is 0 Å². The molecule has 0 radical (unpaired) electrons. The molecule has 1 unspecified atom stereocenters. The van der Waals surface area contributed by atoms with Crippen molar-refractivity contribution in [1.29, 1.82) is 0 Å². The van der Waals surface area contributed by atoms with Crippen molar-refractivity contribution in [3.63, 3.8) is 0 Å². The zero-order valence-electron chi connectivity index (χ0n) is 9.33. The molecule has 0 amide bonds. The maximum Gasteiger partial charge on any atom is 0.123 e. The van der Waals surface area contributed by atoms with Gasteiger partial charge in [0.2, 0.25) is 0 Å². The summed E-state index contributed by atoms with van der Waals surface area (Å²) in [5.74, 6) is 0.407. The lowest BCUT2D eigenvalue weighted by atomic mass is 10.0. The Kier molecular flexibility index (Phi) is 4.61. The molecule has 0 spiro atoms. The molecule has 1 nitrogen and oxygen atoms in total. The van der Waals surface area contributed by atoms with E-state index in [0.29, 0.717) is 11.0 Å². The van der Waals surface area contributed by atoms with Crippen LogP contribution in [0.25, 0.3) is 0 Å². The smallest absolute Gasteiger partial charge is 0.123 e. The quantitative estimate of drug-likeness (QED) is 0.853. The molecule has 0 fully saturated rings. The Labute approximate surface area is 94.7 Å². The summed E-state index contributed by atoms with van der Waals surface area (Å²) >= 11 is 1.70. The summed E-state index contributed by atoms with van der Waals surface area (Å²) in [6.07, 6.45) is -0.502. The van der Waals surface area contributed by atoms with E-state index in [1.807, 2.05) is 6.92 Å². The van der Waals surface area contributed by atoms with Crippen LogP contribution in [0.4, 0.5) is 4.39 Å². The average molecular weight is 228 g/mol. The predicted molar refractivity (Wildman–Crippen MR) is 63.7 cm³/mol. The summed E-state index contributed by atoms with van der Waals surface area (Å²) in [6.45, 7) is 6.01. The number of aliphatic hydroxyl groups excluding tert-OH is 1. The highest BCUT2D eigenvalue weighted by atomic mass is 32.2. The summed E-state index contributed by atoms with van der Waals surface area (Å²) in [7, 11) is 0. The monoisotopic (exact) mass is 228 g/mol. The van der Waals surface area contributed by atoms with E-state index in [1.165, 1.54) is 12.1 Å². The molecule has 3 heteroatoms. The predicted octanol–water partition coefficient (Wildman–Crippen LogP) is 3.31. The molecule has 1 N–H and O–H groups in total. The fourth-order valence-electron chi connectivity index (χ4n) is 1.39. The first kappa shape index (κ1) is 12.5. The first-order valence-corrected chi connectivity index (χ1v) is 6.11. The summed E-state index contributed by atoms with van der Waals surface area (Å²) < 4.78 is 12.8. The third kappa shape index (κ3) is 3.84. The van der Waals surface area contributed by atoms with Crippen molar-refractivity contribution in [2.45, 2.75) is 32.1 Å². The molecule has 1 aromatic rings. The number of hydrogen-bond donors (Lipinski definition) is 1. The number of halogens is 1. The minimum absolute atomic E-state index is 0.250. The second-order valence-electron chi connectivity index (χ2n) is 3.90. The van der Waals surface area contributed by atoms with Crippen molar-refractivity contribution in [3.05, 3.63) is 35.1 Å². The highest BCUT2D eigenvalue weighted by Gasteiger charge is 2.11. The van der Waals surface area contributed by atoms with Gasteiger partial charge in [0.15, 0.2) is 0 Å². The molecule has 0 bridgehead atoms. The maximum atomic E-state index is 12.8. The van der Waals surface area contributed by atoms with Crippen LogP contribution in [0.5, 0.6) is 0 Å². The molecule has 0 heterocycles. The van der Waals surface area contributed by atoms with E-state index < -0.39 is 6.10 Å². The van der Waals surface area contributed by atoms with Crippen LogP contribution in [-0.2, 0) is 0 Å². The molecule has 0 aromatic heterocycles. The normalized spacial score (nSPS) is 13.2. The van der Waals surface area contributed by atoms with E-state index in [1.54, 1.807) is 17.8 Å². The minimum atomic E-state index is -0.502. The second kappa shape index (κ2) is 5.52. The van der Waals surface area contributed by atoms with Crippen molar-refractivity contribution in [1.82, 2.24) is 0 Å². The number of aryl methyl sites for hydroxylation is 1. The van der Waals surface area contributed by atoms with Crippen LogP contribution < -0.4 is 0 Å². The van der Waals surface area contributed by atoms with E-state index >= 15 is 0 Å². The number of aliphatic hydroxyl groups is 1. The highest BCUT2D eigenvalue weighted by Crippen LogP contribution is 2.23. The van der Waals surface area contributed by atoms with Gasteiger partial charge in [0.05, 0.1) is 6.10 Å². The van der Waals surface area contributed by atoms with Gasteiger partial charge >= 0.3 is 0 Å². The standard InChI is InChI=1S/C12H17FOS/c1-8(2)15-7-12(14)11-5-4-10(13)6-9(11)3/h4-6,8,12,14H,7H2,1-3H3. The summed E-state index contributed by atoms with van der Waals surface area (Å²) in [5, 5.41) is 10.4. The number of thioether (sulfide) groups is 1. The molecular weight excluding hydrogens is 211 g/mol. The van der Waals surface area contributed by atoms with E-state index in [0.717, 1.165) is 11.1 Å². The minimum Gasteiger partial charge on any atom is -0.388 e. The van der Waals surface area contributed by atoms with Crippen LogP contribution in [0.15, 0.2) is 18.2 Å². The highest BCUT2D eigenvalue weighted by molar-refractivity contribution is 7.99. The van der Waals surface area contributed by atoms with Crippen molar-refractivity contribution in [2.75, 3.05) is 5.75 Å². The van der Waals surface area contributed by atoms with Crippen LogP contribution in [0.1, 0.15) is 31.1 Å². The average Bonchev–Trinajstić information content (AvgIpc) is 2.14. The first-order valence-electron chi connectivity index (χ1n) is 5.06. The van der Waals surface area contributed by atoms with Crippen LogP contribution in [-0.4, -0.2) is 16.1 Å². The van der Waals surface area contributed by atoms with Crippen molar-refractivity contribution in [2.24, 2.45) is 0 Å². The van der Waals surface area contributed by atoms with Crippen molar-refractivity contribution >= 4 is 11.8 Å². The van der Waals surface area contributed by atoms with Crippen molar-refractivity contribution < 1.29 is 9.50 Å². The van der Waals surface area contributed by atoms with Crippen molar-refractivity contribution in [3.8, 4) is 0 Å². The zero-order chi connectivity index (χ0) is 11.4. The number of benzene rings is 1. The topological polar surface area (TPSA) is 20.2 Å². The Bertz CT molecular complexity index is 325. The zero-order valence-corrected chi connectivity index (χ0v) is 10.1. The van der Waals surface area contributed by atoms with E-state index in [-0.39, 0.29) is 5.82 Å². The van der Waals surface area contributed by atoms with Gasteiger partial charge in [-0.3, -0.25) is 0 Å². The van der Waals surface area contributed by atoms with Gasteiger partial charge in [0.1, 0.15) is 5.82 Å².